The zero-order valence-corrected chi connectivity index (χ0v) is 16.6. The van der Waals surface area contributed by atoms with E-state index in [4.69, 9.17) is 14.2 Å². The minimum atomic E-state index is -3.84. The maximum Gasteiger partial charge on any atom is 0.241 e. The average molecular weight is 406 g/mol. The van der Waals surface area contributed by atoms with Gasteiger partial charge in [-0.3, -0.25) is 4.79 Å². The van der Waals surface area contributed by atoms with Gasteiger partial charge in [0.15, 0.2) is 11.5 Å². The summed E-state index contributed by atoms with van der Waals surface area (Å²) in [5, 5.41) is 2.57. The summed E-state index contributed by atoms with van der Waals surface area (Å²) >= 11 is 0. The van der Waals surface area contributed by atoms with Gasteiger partial charge in [0.1, 0.15) is 19.0 Å². The van der Waals surface area contributed by atoms with Crippen LogP contribution in [0.2, 0.25) is 0 Å². The van der Waals surface area contributed by atoms with Gasteiger partial charge < -0.3 is 19.5 Å². The molecule has 3 rings (SSSR count). The normalized spacial score (nSPS) is 14.2. The second-order valence-electron chi connectivity index (χ2n) is 6.29. The maximum atomic E-state index is 12.8. The standard InChI is InChI=1S/C19H22N2O6S/c1-12(14-4-6-18-19(10-14)27-9-8-26-18)21-28(23,24)15-5-7-17(25-3)16(11-15)20-13(2)22/h4-7,10-12,21H,8-9H2,1-3H3,(H,20,22)/t12-/m1/s1. The molecule has 2 N–H and O–H groups in total. The molecule has 0 unspecified atom stereocenters. The lowest BCUT2D eigenvalue weighted by molar-refractivity contribution is -0.114. The summed E-state index contributed by atoms with van der Waals surface area (Å²) in [6.07, 6.45) is 0. The molecule has 8 nitrogen and oxygen atoms in total. The van der Waals surface area contributed by atoms with Crippen molar-refractivity contribution in [1.29, 1.82) is 0 Å². The van der Waals surface area contributed by atoms with Crippen molar-refractivity contribution in [2.24, 2.45) is 0 Å². The molecule has 28 heavy (non-hydrogen) atoms. The van der Waals surface area contributed by atoms with E-state index >= 15 is 0 Å². The highest BCUT2D eigenvalue weighted by Gasteiger charge is 2.22. The zero-order valence-electron chi connectivity index (χ0n) is 15.8. The van der Waals surface area contributed by atoms with Crippen LogP contribution in [0.4, 0.5) is 5.69 Å². The van der Waals surface area contributed by atoms with Crippen LogP contribution in [0.5, 0.6) is 17.2 Å². The van der Waals surface area contributed by atoms with Gasteiger partial charge in [-0.1, -0.05) is 6.07 Å². The summed E-state index contributed by atoms with van der Waals surface area (Å²) < 4.78 is 44.5. The number of ether oxygens (including phenoxy) is 3. The molecule has 0 saturated heterocycles. The first-order chi connectivity index (χ1) is 13.3. The van der Waals surface area contributed by atoms with Crippen LogP contribution in [0.15, 0.2) is 41.3 Å². The molecular weight excluding hydrogens is 384 g/mol. The third-order valence-electron chi connectivity index (χ3n) is 4.19. The summed E-state index contributed by atoms with van der Waals surface area (Å²) in [6, 6.07) is 9.08. The predicted octanol–water partition coefficient (Wildman–Crippen LogP) is 2.46. The molecule has 0 aromatic heterocycles. The highest BCUT2D eigenvalue weighted by atomic mass is 32.2. The number of fused-ring (bicyclic) bond motifs is 1. The second-order valence-corrected chi connectivity index (χ2v) is 8.00. The monoisotopic (exact) mass is 406 g/mol. The third-order valence-corrected chi connectivity index (χ3v) is 5.73. The molecule has 9 heteroatoms. The molecule has 150 valence electrons. The van der Waals surface area contributed by atoms with E-state index in [1.54, 1.807) is 25.1 Å². The van der Waals surface area contributed by atoms with Crippen molar-refractivity contribution in [3.8, 4) is 17.2 Å². The first kappa shape index (κ1) is 20.0. The molecule has 0 fully saturated rings. The van der Waals surface area contributed by atoms with Gasteiger partial charge in [0, 0.05) is 13.0 Å². The average Bonchev–Trinajstić information content (AvgIpc) is 2.66. The number of sulfonamides is 1. The molecule has 1 amide bonds. The Hall–Kier alpha value is -2.78. The number of carbonyl (C=O) groups is 1. The molecule has 0 aliphatic carbocycles. The number of methoxy groups -OCH3 is 1. The number of benzene rings is 2. The van der Waals surface area contributed by atoms with E-state index < -0.39 is 16.1 Å². The van der Waals surface area contributed by atoms with Gasteiger partial charge in [-0.2, -0.15) is 0 Å². The molecule has 1 atom stereocenters. The molecule has 1 heterocycles. The quantitative estimate of drug-likeness (QED) is 0.764. The molecule has 1 aliphatic rings. The van der Waals surface area contributed by atoms with Crippen LogP contribution in [0.1, 0.15) is 25.5 Å². The topological polar surface area (TPSA) is 103 Å². The number of anilines is 1. The third kappa shape index (κ3) is 4.37. The van der Waals surface area contributed by atoms with Crippen molar-refractivity contribution in [3.05, 3.63) is 42.0 Å². The summed E-state index contributed by atoms with van der Waals surface area (Å²) in [7, 11) is -2.40. The number of hydrogen-bond acceptors (Lipinski definition) is 6. The lowest BCUT2D eigenvalue weighted by atomic mass is 10.1. The Bertz CT molecular complexity index is 990. The lowest BCUT2D eigenvalue weighted by Gasteiger charge is -2.21. The van der Waals surface area contributed by atoms with Crippen LogP contribution in [-0.2, 0) is 14.8 Å². The zero-order chi connectivity index (χ0) is 20.3. The molecule has 0 bridgehead atoms. The summed E-state index contributed by atoms with van der Waals surface area (Å²) in [6.45, 7) is 4.01. The van der Waals surface area contributed by atoms with Gasteiger partial charge in [-0.15, -0.1) is 0 Å². The van der Waals surface area contributed by atoms with E-state index in [9.17, 15) is 13.2 Å². The van der Waals surface area contributed by atoms with Crippen LogP contribution in [0.25, 0.3) is 0 Å². The van der Waals surface area contributed by atoms with Gasteiger partial charge in [-0.05, 0) is 42.8 Å². The largest absolute Gasteiger partial charge is 0.495 e. The van der Waals surface area contributed by atoms with Gasteiger partial charge >= 0.3 is 0 Å². The summed E-state index contributed by atoms with van der Waals surface area (Å²) in [5.41, 5.74) is 1.02. The van der Waals surface area contributed by atoms with Crippen molar-refractivity contribution in [2.75, 3.05) is 25.6 Å². The highest BCUT2D eigenvalue weighted by Crippen LogP contribution is 2.33. The molecule has 0 spiro atoms. The van der Waals surface area contributed by atoms with Gasteiger partial charge in [0.25, 0.3) is 0 Å². The molecule has 2 aromatic carbocycles. The first-order valence-electron chi connectivity index (χ1n) is 8.67. The van der Waals surface area contributed by atoms with E-state index in [-0.39, 0.29) is 16.5 Å². The smallest absolute Gasteiger partial charge is 0.241 e. The summed E-state index contributed by atoms with van der Waals surface area (Å²) in [5.74, 6) is 1.27. The molecular formula is C19H22N2O6S. The van der Waals surface area contributed by atoms with E-state index in [0.29, 0.717) is 30.5 Å². The second kappa shape index (κ2) is 8.07. The highest BCUT2D eigenvalue weighted by molar-refractivity contribution is 7.89. The van der Waals surface area contributed by atoms with Crippen LogP contribution < -0.4 is 24.2 Å². The Labute approximate surface area is 163 Å². The van der Waals surface area contributed by atoms with E-state index in [1.165, 1.54) is 32.2 Å². The molecule has 2 aromatic rings. The minimum Gasteiger partial charge on any atom is -0.495 e. The maximum absolute atomic E-state index is 12.8. The molecule has 1 aliphatic heterocycles. The Morgan fingerprint density at radius 2 is 1.82 bits per heavy atom. The van der Waals surface area contributed by atoms with Crippen LogP contribution in [0.3, 0.4) is 0 Å². The lowest BCUT2D eigenvalue weighted by Crippen LogP contribution is -2.27. The number of nitrogens with one attached hydrogen (secondary N) is 2. The van der Waals surface area contributed by atoms with Crippen molar-refractivity contribution < 1.29 is 27.4 Å². The fourth-order valence-corrected chi connectivity index (χ4v) is 4.10. The fourth-order valence-electron chi connectivity index (χ4n) is 2.84. The first-order valence-corrected chi connectivity index (χ1v) is 10.2. The Morgan fingerprint density at radius 1 is 1.11 bits per heavy atom. The Morgan fingerprint density at radius 3 is 2.50 bits per heavy atom. The predicted molar refractivity (Wildman–Crippen MR) is 103 cm³/mol. The van der Waals surface area contributed by atoms with E-state index in [0.717, 1.165) is 5.56 Å². The van der Waals surface area contributed by atoms with Crippen molar-refractivity contribution >= 4 is 21.6 Å². The number of amides is 1. The fraction of sp³-hybridized carbons (Fsp3) is 0.316. The van der Waals surface area contributed by atoms with Gasteiger partial charge in [0.05, 0.1) is 17.7 Å². The van der Waals surface area contributed by atoms with Crippen molar-refractivity contribution in [2.45, 2.75) is 24.8 Å². The number of carbonyl (C=O) groups excluding carboxylic acids is 1. The number of rotatable bonds is 6. The minimum absolute atomic E-state index is 0.0152. The van der Waals surface area contributed by atoms with Crippen LogP contribution >= 0.6 is 0 Å². The summed E-state index contributed by atoms with van der Waals surface area (Å²) in [4.78, 5) is 11.4. The SMILES string of the molecule is COc1ccc(S(=O)(=O)N[C@H](C)c2ccc3c(c2)OCCO3)cc1NC(C)=O. The Kier molecular flexibility index (Phi) is 5.76. The number of hydrogen-bond donors (Lipinski definition) is 2. The van der Waals surface area contributed by atoms with E-state index in [2.05, 4.69) is 10.0 Å². The molecule has 0 saturated carbocycles. The van der Waals surface area contributed by atoms with Gasteiger partial charge in [-0.25, -0.2) is 13.1 Å². The van der Waals surface area contributed by atoms with Crippen molar-refractivity contribution in [3.63, 3.8) is 0 Å². The van der Waals surface area contributed by atoms with Crippen molar-refractivity contribution in [1.82, 2.24) is 4.72 Å². The molecule has 0 radical (unpaired) electrons. The van der Waals surface area contributed by atoms with Gasteiger partial charge in [0.2, 0.25) is 15.9 Å². The van der Waals surface area contributed by atoms with E-state index in [1.807, 2.05) is 0 Å². The van der Waals surface area contributed by atoms with Crippen LogP contribution in [-0.4, -0.2) is 34.6 Å². The Balaban J connectivity index is 1.84. The van der Waals surface area contributed by atoms with Crippen LogP contribution in [0, 0.1) is 0 Å².